The van der Waals surface area contributed by atoms with Crippen molar-refractivity contribution in [3.63, 3.8) is 0 Å². The highest BCUT2D eigenvalue weighted by Crippen LogP contribution is 2.30. The number of carbonyl (C=O) groups excluding carboxylic acids is 1. The number of hydrogen-bond acceptors (Lipinski definition) is 2. The SMILES string of the molecule is NC1(C(=O)Nc2cccc(F)c2)CCC1. The summed E-state index contributed by atoms with van der Waals surface area (Å²) < 4.78 is 12.8. The molecule has 0 aliphatic heterocycles. The number of halogens is 1. The number of nitrogens with two attached hydrogens (primary N) is 1. The second kappa shape index (κ2) is 3.62. The highest BCUT2D eigenvalue weighted by Gasteiger charge is 2.40. The van der Waals surface area contributed by atoms with Gasteiger partial charge >= 0.3 is 0 Å². The third-order valence-electron chi connectivity index (χ3n) is 2.78. The molecule has 1 aliphatic carbocycles. The van der Waals surface area contributed by atoms with Gasteiger partial charge in [-0.3, -0.25) is 4.79 Å². The van der Waals surface area contributed by atoms with Gasteiger partial charge in [-0.05, 0) is 37.5 Å². The smallest absolute Gasteiger partial charge is 0.244 e. The molecule has 0 bridgehead atoms. The summed E-state index contributed by atoms with van der Waals surface area (Å²) in [7, 11) is 0. The molecule has 1 aromatic rings. The Balaban J connectivity index is 2.06. The average molecular weight is 208 g/mol. The lowest BCUT2D eigenvalue weighted by atomic mass is 9.77. The van der Waals surface area contributed by atoms with Gasteiger partial charge in [-0.25, -0.2) is 4.39 Å². The van der Waals surface area contributed by atoms with Crippen molar-refractivity contribution in [2.45, 2.75) is 24.8 Å². The van der Waals surface area contributed by atoms with Crippen LogP contribution in [0.25, 0.3) is 0 Å². The zero-order valence-corrected chi connectivity index (χ0v) is 8.29. The van der Waals surface area contributed by atoms with E-state index >= 15 is 0 Å². The van der Waals surface area contributed by atoms with Gasteiger partial charge < -0.3 is 11.1 Å². The van der Waals surface area contributed by atoms with Gasteiger partial charge in [0, 0.05) is 5.69 Å². The maximum absolute atomic E-state index is 12.8. The van der Waals surface area contributed by atoms with E-state index in [0.717, 1.165) is 6.42 Å². The molecule has 0 saturated heterocycles. The Hall–Kier alpha value is -1.42. The monoisotopic (exact) mass is 208 g/mol. The molecule has 3 nitrogen and oxygen atoms in total. The van der Waals surface area contributed by atoms with Crippen molar-refractivity contribution in [2.75, 3.05) is 5.32 Å². The fraction of sp³-hybridized carbons (Fsp3) is 0.364. The Morgan fingerprint density at radius 2 is 2.20 bits per heavy atom. The van der Waals surface area contributed by atoms with Gasteiger partial charge in [-0.15, -0.1) is 0 Å². The lowest BCUT2D eigenvalue weighted by Gasteiger charge is -2.36. The van der Waals surface area contributed by atoms with E-state index in [1.807, 2.05) is 0 Å². The molecule has 1 amide bonds. The number of nitrogens with one attached hydrogen (secondary N) is 1. The molecule has 4 heteroatoms. The number of rotatable bonds is 2. The molecule has 0 aromatic heterocycles. The van der Waals surface area contributed by atoms with Crippen molar-refractivity contribution in [1.82, 2.24) is 0 Å². The first-order valence-corrected chi connectivity index (χ1v) is 4.96. The van der Waals surface area contributed by atoms with E-state index < -0.39 is 5.54 Å². The Bertz CT molecular complexity index is 388. The first-order chi connectivity index (χ1) is 7.10. The summed E-state index contributed by atoms with van der Waals surface area (Å²) >= 11 is 0. The van der Waals surface area contributed by atoms with Crippen LogP contribution in [0.3, 0.4) is 0 Å². The van der Waals surface area contributed by atoms with Crippen LogP contribution in [-0.4, -0.2) is 11.4 Å². The van der Waals surface area contributed by atoms with Gasteiger partial charge in [0.05, 0.1) is 5.54 Å². The minimum absolute atomic E-state index is 0.223. The molecule has 1 fully saturated rings. The predicted octanol–water partition coefficient (Wildman–Crippen LogP) is 1.65. The van der Waals surface area contributed by atoms with E-state index in [1.54, 1.807) is 12.1 Å². The van der Waals surface area contributed by atoms with E-state index in [-0.39, 0.29) is 11.7 Å². The lowest BCUT2D eigenvalue weighted by Crippen LogP contribution is -2.56. The van der Waals surface area contributed by atoms with Gasteiger partial charge in [0.25, 0.3) is 0 Å². The maximum Gasteiger partial charge on any atom is 0.244 e. The zero-order chi connectivity index (χ0) is 10.9. The third kappa shape index (κ3) is 1.99. The molecule has 15 heavy (non-hydrogen) atoms. The molecule has 3 N–H and O–H groups in total. The van der Waals surface area contributed by atoms with Crippen molar-refractivity contribution in [2.24, 2.45) is 5.73 Å². The van der Waals surface area contributed by atoms with Crippen LogP contribution in [0, 0.1) is 5.82 Å². The predicted molar refractivity (Wildman–Crippen MR) is 55.8 cm³/mol. The molecular formula is C11H13FN2O. The Morgan fingerprint density at radius 3 is 2.73 bits per heavy atom. The summed E-state index contributed by atoms with van der Waals surface area (Å²) in [5, 5.41) is 2.62. The van der Waals surface area contributed by atoms with E-state index in [0.29, 0.717) is 18.5 Å². The highest BCUT2D eigenvalue weighted by molar-refractivity contribution is 5.98. The maximum atomic E-state index is 12.8. The molecule has 2 rings (SSSR count). The summed E-state index contributed by atoms with van der Waals surface area (Å²) in [6.45, 7) is 0. The van der Waals surface area contributed by atoms with Crippen LogP contribution in [0.2, 0.25) is 0 Å². The fourth-order valence-electron chi connectivity index (χ4n) is 1.61. The normalized spacial score (nSPS) is 18.0. The van der Waals surface area contributed by atoms with Crippen LogP contribution in [-0.2, 0) is 4.79 Å². The first-order valence-electron chi connectivity index (χ1n) is 4.96. The molecule has 0 heterocycles. The van der Waals surface area contributed by atoms with Crippen LogP contribution in [0.5, 0.6) is 0 Å². The quantitative estimate of drug-likeness (QED) is 0.776. The Kier molecular flexibility index (Phi) is 2.44. The number of benzene rings is 1. The van der Waals surface area contributed by atoms with Gasteiger partial charge in [0.15, 0.2) is 0 Å². The van der Waals surface area contributed by atoms with E-state index in [4.69, 9.17) is 5.73 Å². The van der Waals surface area contributed by atoms with E-state index in [2.05, 4.69) is 5.32 Å². The summed E-state index contributed by atoms with van der Waals surface area (Å²) in [5.74, 6) is -0.591. The Labute approximate surface area is 87.5 Å². The molecule has 0 radical (unpaired) electrons. The number of carbonyl (C=O) groups is 1. The third-order valence-corrected chi connectivity index (χ3v) is 2.78. The first kappa shape index (κ1) is 10.1. The summed E-state index contributed by atoms with van der Waals surface area (Å²) in [4.78, 5) is 11.7. The number of anilines is 1. The Morgan fingerprint density at radius 1 is 1.47 bits per heavy atom. The van der Waals surface area contributed by atoms with E-state index in [9.17, 15) is 9.18 Å². The molecule has 1 aromatic carbocycles. The molecule has 0 spiro atoms. The van der Waals surface area contributed by atoms with Crippen molar-refractivity contribution in [3.05, 3.63) is 30.1 Å². The van der Waals surface area contributed by atoms with Crippen LogP contribution in [0.4, 0.5) is 10.1 Å². The van der Waals surface area contributed by atoms with Crippen LogP contribution >= 0.6 is 0 Å². The van der Waals surface area contributed by atoms with Crippen molar-refractivity contribution < 1.29 is 9.18 Å². The molecule has 0 unspecified atom stereocenters. The molecule has 1 saturated carbocycles. The molecule has 1 aliphatic rings. The topological polar surface area (TPSA) is 55.1 Å². The van der Waals surface area contributed by atoms with Gasteiger partial charge in [0.2, 0.25) is 5.91 Å². The van der Waals surface area contributed by atoms with Crippen molar-refractivity contribution in [3.8, 4) is 0 Å². The largest absolute Gasteiger partial charge is 0.324 e. The van der Waals surface area contributed by atoms with Gasteiger partial charge in [-0.2, -0.15) is 0 Å². The number of amides is 1. The van der Waals surface area contributed by atoms with Gasteiger partial charge in [-0.1, -0.05) is 6.07 Å². The standard InChI is InChI=1S/C11H13FN2O/c12-8-3-1-4-9(7-8)14-10(15)11(13)5-2-6-11/h1,3-4,7H,2,5-6,13H2,(H,14,15). The lowest BCUT2D eigenvalue weighted by molar-refractivity contribution is -0.123. The average Bonchev–Trinajstić information content (AvgIpc) is 2.14. The second-order valence-electron chi connectivity index (χ2n) is 3.97. The molecule has 80 valence electrons. The van der Waals surface area contributed by atoms with E-state index in [1.165, 1.54) is 12.1 Å². The molecular weight excluding hydrogens is 195 g/mol. The van der Waals surface area contributed by atoms with Gasteiger partial charge in [0.1, 0.15) is 5.82 Å². The minimum atomic E-state index is -0.744. The van der Waals surface area contributed by atoms with Crippen LogP contribution < -0.4 is 11.1 Å². The fourth-order valence-corrected chi connectivity index (χ4v) is 1.61. The number of hydrogen-bond donors (Lipinski definition) is 2. The van der Waals surface area contributed by atoms with Crippen LogP contribution in [0.15, 0.2) is 24.3 Å². The van der Waals surface area contributed by atoms with Crippen LogP contribution in [0.1, 0.15) is 19.3 Å². The summed E-state index contributed by atoms with van der Waals surface area (Å²) in [5.41, 5.74) is 5.54. The molecule has 0 atom stereocenters. The summed E-state index contributed by atoms with van der Waals surface area (Å²) in [6, 6.07) is 5.80. The summed E-state index contributed by atoms with van der Waals surface area (Å²) in [6.07, 6.45) is 2.38. The minimum Gasteiger partial charge on any atom is -0.324 e. The zero-order valence-electron chi connectivity index (χ0n) is 8.29. The van der Waals surface area contributed by atoms with Crippen molar-refractivity contribution >= 4 is 11.6 Å². The van der Waals surface area contributed by atoms with Crippen molar-refractivity contribution in [1.29, 1.82) is 0 Å². The highest BCUT2D eigenvalue weighted by atomic mass is 19.1. The second-order valence-corrected chi connectivity index (χ2v) is 3.97.